The van der Waals surface area contributed by atoms with Crippen LogP contribution in [0.15, 0.2) is 6.20 Å². The summed E-state index contributed by atoms with van der Waals surface area (Å²) in [5.41, 5.74) is -0.456. The number of aliphatic hydroxyl groups is 1. The van der Waals surface area contributed by atoms with Crippen LogP contribution >= 0.6 is 23.2 Å². The second kappa shape index (κ2) is 7.15. The van der Waals surface area contributed by atoms with Crippen molar-refractivity contribution in [1.29, 1.82) is 0 Å². The van der Waals surface area contributed by atoms with Crippen molar-refractivity contribution < 1.29 is 19.4 Å². The Morgan fingerprint density at radius 1 is 1.48 bits per heavy atom. The van der Waals surface area contributed by atoms with Crippen molar-refractivity contribution in [3.8, 4) is 5.75 Å². The van der Waals surface area contributed by atoms with Crippen molar-refractivity contribution in [2.24, 2.45) is 0 Å². The van der Waals surface area contributed by atoms with Crippen molar-refractivity contribution >= 4 is 29.3 Å². The Balaban J connectivity index is 2.73. The van der Waals surface area contributed by atoms with Crippen molar-refractivity contribution in [2.75, 3.05) is 13.7 Å². The van der Waals surface area contributed by atoms with E-state index in [1.165, 1.54) is 13.3 Å². The number of hydrogen-bond donors (Lipinski definition) is 2. The molecule has 1 aromatic heterocycles. The Bertz CT molecular complexity index is 518. The molecule has 0 aliphatic heterocycles. The molecule has 6 nitrogen and oxygen atoms in total. The molecule has 8 heteroatoms. The highest BCUT2D eigenvalue weighted by atomic mass is 35.5. The molecule has 0 aromatic carbocycles. The maximum atomic E-state index is 11.5. The third-order valence-electron chi connectivity index (χ3n) is 2.32. The number of rotatable bonds is 4. The number of ether oxygens (including phenoxy) is 2. The van der Waals surface area contributed by atoms with E-state index in [2.05, 4.69) is 10.3 Å². The zero-order valence-electron chi connectivity index (χ0n) is 12.2. The number of methoxy groups -OCH3 is 1. The average molecular weight is 337 g/mol. The van der Waals surface area contributed by atoms with Crippen LogP contribution in [0.4, 0.5) is 4.79 Å². The molecule has 0 aliphatic rings. The van der Waals surface area contributed by atoms with Crippen LogP contribution in [0.5, 0.6) is 5.75 Å². The number of alkyl carbamates (subject to hydrolysis) is 1. The highest BCUT2D eigenvalue weighted by molar-refractivity contribution is 6.37. The number of carbonyl (C=O) groups excluding carboxylic acids is 1. The van der Waals surface area contributed by atoms with Gasteiger partial charge in [0.05, 0.1) is 19.3 Å². The third-order valence-corrected chi connectivity index (χ3v) is 2.95. The van der Waals surface area contributed by atoms with E-state index >= 15 is 0 Å². The van der Waals surface area contributed by atoms with Crippen LogP contribution in [0, 0.1) is 0 Å². The number of nitrogens with zero attached hydrogens (tertiary/aromatic N) is 1. The van der Waals surface area contributed by atoms with E-state index < -0.39 is 17.8 Å². The molecule has 1 unspecified atom stereocenters. The summed E-state index contributed by atoms with van der Waals surface area (Å²) in [6.07, 6.45) is -0.437. The minimum absolute atomic E-state index is 0.100. The van der Waals surface area contributed by atoms with Crippen LogP contribution in [0.1, 0.15) is 32.6 Å². The lowest BCUT2D eigenvalue weighted by Crippen LogP contribution is -2.35. The topological polar surface area (TPSA) is 80.7 Å². The van der Waals surface area contributed by atoms with Crippen LogP contribution in [-0.2, 0) is 4.74 Å². The van der Waals surface area contributed by atoms with Gasteiger partial charge >= 0.3 is 6.09 Å². The minimum Gasteiger partial charge on any atom is -0.493 e. The Kier molecular flexibility index (Phi) is 6.07. The smallest absolute Gasteiger partial charge is 0.407 e. The largest absolute Gasteiger partial charge is 0.493 e. The fourth-order valence-corrected chi connectivity index (χ4v) is 2.10. The molecule has 0 saturated heterocycles. The lowest BCUT2D eigenvalue weighted by Gasteiger charge is -2.20. The van der Waals surface area contributed by atoms with Gasteiger partial charge < -0.3 is 19.9 Å². The summed E-state index contributed by atoms with van der Waals surface area (Å²) in [4.78, 5) is 15.5. The molecule has 0 aliphatic carbocycles. The van der Waals surface area contributed by atoms with Gasteiger partial charge in [0.2, 0.25) is 0 Å². The van der Waals surface area contributed by atoms with Crippen LogP contribution in [0.25, 0.3) is 0 Å². The summed E-state index contributed by atoms with van der Waals surface area (Å²) in [5, 5.41) is 12.8. The van der Waals surface area contributed by atoms with Crippen LogP contribution in [0.2, 0.25) is 10.0 Å². The minimum atomic E-state index is -1.11. The number of amides is 1. The summed E-state index contributed by atoms with van der Waals surface area (Å²) in [6.45, 7) is 5.12. The average Bonchev–Trinajstić information content (AvgIpc) is 2.34. The summed E-state index contributed by atoms with van der Waals surface area (Å²) in [6, 6.07) is 0. The van der Waals surface area contributed by atoms with Crippen molar-refractivity contribution in [3.05, 3.63) is 21.9 Å². The quantitative estimate of drug-likeness (QED) is 0.883. The number of pyridine rings is 1. The molecule has 1 heterocycles. The number of hydrogen-bond acceptors (Lipinski definition) is 5. The van der Waals surface area contributed by atoms with E-state index in [0.29, 0.717) is 0 Å². The number of nitrogens with one attached hydrogen (secondary N) is 1. The summed E-state index contributed by atoms with van der Waals surface area (Å²) < 4.78 is 10.1. The van der Waals surface area contributed by atoms with Gasteiger partial charge in [0, 0.05) is 6.20 Å². The fraction of sp³-hybridized carbons (Fsp3) is 0.538. The van der Waals surface area contributed by atoms with E-state index in [1.807, 2.05) is 0 Å². The van der Waals surface area contributed by atoms with E-state index in [4.69, 9.17) is 32.7 Å². The van der Waals surface area contributed by atoms with E-state index in [-0.39, 0.29) is 28.0 Å². The third kappa shape index (κ3) is 5.22. The highest BCUT2D eigenvalue weighted by Crippen LogP contribution is 2.35. The second-order valence-corrected chi connectivity index (χ2v) is 6.02. The first-order chi connectivity index (χ1) is 9.65. The molecule has 21 heavy (non-hydrogen) atoms. The first kappa shape index (κ1) is 17.8. The number of halogens is 2. The molecule has 0 spiro atoms. The molecular formula is C13H18Cl2N2O4. The Morgan fingerprint density at radius 2 is 2.10 bits per heavy atom. The molecule has 2 N–H and O–H groups in total. The van der Waals surface area contributed by atoms with E-state index in [1.54, 1.807) is 20.8 Å². The number of aromatic nitrogens is 1. The molecule has 1 amide bonds. The lowest BCUT2D eigenvalue weighted by atomic mass is 10.2. The maximum Gasteiger partial charge on any atom is 0.407 e. The van der Waals surface area contributed by atoms with E-state index in [9.17, 15) is 9.90 Å². The zero-order chi connectivity index (χ0) is 16.2. The highest BCUT2D eigenvalue weighted by Gasteiger charge is 2.21. The summed E-state index contributed by atoms with van der Waals surface area (Å²) >= 11 is 11.9. The van der Waals surface area contributed by atoms with Crippen LogP contribution < -0.4 is 10.1 Å². The zero-order valence-corrected chi connectivity index (χ0v) is 13.7. The molecule has 1 atom stereocenters. The SMILES string of the molecule is COc1c(Cl)cnc(C(O)CNC(=O)OC(C)(C)C)c1Cl. The molecule has 0 saturated carbocycles. The molecule has 1 rings (SSSR count). The molecular weight excluding hydrogens is 319 g/mol. The monoisotopic (exact) mass is 336 g/mol. The van der Waals surface area contributed by atoms with Gasteiger partial charge in [0.15, 0.2) is 5.75 Å². The molecule has 118 valence electrons. The van der Waals surface area contributed by atoms with Gasteiger partial charge in [-0.15, -0.1) is 0 Å². The first-order valence-corrected chi connectivity index (χ1v) is 6.94. The van der Waals surface area contributed by atoms with Crippen molar-refractivity contribution in [1.82, 2.24) is 10.3 Å². The van der Waals surface area contributed by atoms with Gasteiger partial charge in [0.1, 0.15) is 21.8 Å². The van der Waals surface area contributed by atoms with Crippen molar-refractivity contribution in [2.45, 2.75) is 32.5 Å². The molecule has 0 bridgehead atoms. The predicted molar refractivity (Wildman–Crippen MR) is 80.0 cm³/mol. The van der Waals surface area contributed by atoms with Gasteiger partial charge in [-0.3, -0.25) is 4.98 Å². The van der Waals surface area contributed by atoms with Gasteiger partial charge in [0.25, 0.3) is 0 Å². The Labute approximate surface area is 133 Å². The molecule has 0 fully saturated rings. The number of aliphatic hydroxyl groups excluding tert-OH is 1. The lowest BCUT2D eigenvalue weighted by molar-refractivity contribution is 0.0490. The van der Waals surface area contributed by atoms with Crippen LogP contribution in [0.3, 0.4) is 0 Å². The van der Waals surface area contributed by atoms with Gasteiger partial charge in [-0.05, 0) is 20.8 Å². The Hall–Kier alpha value is -1.24. The first-order valence-electron chi connectivity index (χ1n) is 6.18. The van der Waals surface area contributed by atoms with Crippen molar-refractivity contribution in [3.63, 3.8) is 0 Å². The summed E-state index contributed by atoms with van der Waals surface area (Å²) in [5.74, 6) is 0.222. The molecule has 1 aromatic rings. The number of carbonyl (C=O) groups is 1. The summed E-state index contributed by atoms with van der Waals surface area (Å²) in [7, 11) is 1.40. The fourth-order valence-electron chi connectivity index (χ4n) is 1.47. The Morgan fingerprint density at radius 3 is 2.62 bits per heavy atom. The standard InChI is InChI=1S/C13H18Cl2N2O4/c1-13(2,3)21-12(19)17-6-8(18)10-9(15)11(20-4)7(14)5-16-10/h5,8,18H,6H2,1-4H3,(H,17,19). The second-order valence-electron chi connectivity index (χ2n) is 5.24. The molecule has 0 radical (unpaired) electrons. The van der Waals surface area contributed by atoms with E-state index in [0.717, 1.165) is 0 Å². The maximum absolute atomic E-state index is 11.5. The van der Waals surface area contributed by atoms with Gasteiger partial charge in [-0.1, -0.05) is 23.2 Å². The van der Waals surface area contributed by atoms with Gasteiger partial charge in [-0.25, -0.2) is 4.79 Å². The predicted octanol–water partition coefficient (Wildman–Crippen LogP) is 2.96. The normalized spacial score (nSPS) is 12.7. The van der Waals surface area contributed by atoms with Crippen LogP contribution in [-0.4, -0.2) is 35.4 Å². The van der Waals surface area contributed by atoms with Gasteiger partial charge in [-0.2, -0.15) is 0 Å².